The second kappa shape index (κ2) is 6.05. The Labute approximate surface area is 121 Å². The molecule has 1 heterocycles. The number of nitrogens with zero attached hydrogens (tertiary/aromatic N) is 1. The molecule has 3 nitrogen and oxygen atoms in total. The molecule has 116 valence electrons. The van der Waals surface area contributed by atoms with Gasteiger partial charge in [0.2, 0.25) is 0 Å². The maximum absolute atomic E-state index is 13.7. The molecule has 0 saturated carbocycles. The summed E-state index contributed by atoms with van der Waals surface area (Å²) in [5, 5.41) is 9.40. The monoisotopic (exact) mass is 301 g/mol. The molecule has 0 radical (unpaired) electrons. The molecule has 0 aromatic heterocycles. The van der Waals surface area contributed by atoms with Gasteiger partial charge >= 0.3 is 5.97 Å². The fourth-order valence-electron chi connectivity index (χ4n) is 2.91. The van der Waals surface area contributed by atoms with Gasteiger partial charge in [-0.3, -0.25) is 9.69 Å². The van der Waals surface area contributed by atoms with Gasteiger partial charge in [-0.25, -0.2) is 13.2 Å². The van der Waals surface area contributed by atoms with E-state index in [9.17, 15) is 23.1 Å². The second-order valence-electron chi connectivity index (χ2n) is 5.59. The minimum absolute atomic E-state index is 0.0474. The van der Waals surface area contributed by atoms with E-state index >= 15 is 0 Å². The molecule has 1 N–H and O–H groups in total. The Bertz CT molecular complexity index is 550. The van der Waals surface area contributed by atoms with Crippen LogP contribution in [0.3, 0.4) is 0 Å². The number of hydrogen-bond donors (Lipinski definition) is 1. The van der Waals surface area contributed by atoms with E-state index in [2.05, 4.69) is 0 Å². The van der Waals surface area contributed by atoms with Crippen molar-refractivity contribution in [1.82, 2.24) is 4.90 Å². The molecule has 2 rings (SSSR count). The van der Waals surface area contributed by atoms with Crippen molar-refractivity contribution >= 4 is 5.97 Å². The Morgan fingerprint density at radius 1 is 1.33 bits per heavy atom. The van der Waals surface area contributed by atoms with Crippen molar-refractivity contribution in [2.45, 2.75) is 32.7 Å². The van der Waals surface area contributed by atoms with Gasteiger partial charge in [-0.05, 0) is 31.9 Å². The van der Waals surface area contributed by atoms with Gasteiger partial charge in [-0.2, -0.15) is 0 Å². The molecule has 0 aliphatic carbocycles. The second-order valence-corrected chi connectivity index (χ2v) is 5.59. The highest BCUT2D eigenvalue weighted by Gasteiger charge is 2.40. The fourth-order valence-corrected chi connectivity index (χ4v) is 2.91. The number of carbonyl (C=O) groups is 1. The Balaban J connectivity index is 2.17. The first-order valence-corrected chi connectivity index (χ1v) is 6.98. The number of halogens is 3. The van der Waals surface area contributed by atoms with Crippen molar-refractivity contribution in [3.05, 3.63) is 35.1 Å². The molecule has 1 aliphatic heterocycles. The number of benzene rings is 1. The zero-order valence-electron chi connectivity index (χ0n) is 11.8. The maximum atomic E-state index is 13.7. The van der Waals surface area contributed by atoms with Crippen molar-refractivity contribution in [1.29, 1.82) is 0 Å². The molecular weight excluding hydrogens is 283 g/mol. The Hall–Kier alpha value is -1.56. The third kappa shape index (κ3) is 3.05. The Morgan fingerprint density at radius 3 is 2.67 bits per heavy atom. The van der Waals surface area contributed by atoms with Gasteiger partial charge in [0.05, 0.1) is 5.41 Å². The number of rotatable bonds is 4. The topological polar surface area (TPSA) is 40.5 Å². The van der Waals surface area contributed by atoms with Gasteiger partial charge in [-0.1, -0.05) is 13.0 Å². The summed E-state index contributed by atoms with van der Waals surface area (Å²) in [4.78, 5) is 13.2. The Kier molecular flexibility index (Phi) is 4.56. The van der Waals surface area contributed by atoms with E-state index in [1.165, 1.54) is 6.07 Å². The summed E-state index contributed by atoms with van der Waals surface area (Å²) in [7, 11) is 0. The zero-order chi connectivity index (χ0) is 15.6. The van der Waals surface area contributed by atoms with E-state index in [-0.39, 0.29) is 18.7 Å². The molecule has 0 spiro atoms. The van der Waals surface area contributed by atoms with Crippen LogP contribution in [0.4, 0.5) is 13.2 Å². The van der Waals surface area contributed by atoms with E-state index in [1.54, 1.807) is 4.90 Å². The molecule has 21 heavy (non-hydrogen) atoms. The van der Waals surface area contributed by atoms with Crippen LogP contribution in [0.2, 0.25) is 0 Å². The summed E-state index contributed by atoms with van der Waals surface area (Å²) in [6.45, 7) is 2.80. The van der Waals surface area contributed by atoms with Crippen LogP contribution in [-0.2, 0) is 11.3 Å². The summed E-state index contributed by atoms with van der Waals surface area (Å²) < 4.78 is 39.8. The maximum Gasteiger partial charge on any atom is 0.310 e. The van der Waals surface area contributed by atoms with E-state index in [1.807, 2.05) is 6.92 Å². The summed E-state index contributed by atoms with van der Waals surface area (Å²) >= 11 is 0. The molecule has 1 atom stereocenters. The van der Waals surface area contributed by atoms with E-state index < -0.39 is 28.8 Å². The van der Waals surface area contributed by atoms with E-state index in [0.29, 0.717) is 25.8 Å². The van der Waals surface area contributed by atoms with E-state index in [4.69, 9.17) is 0 Å². The lowest BCUT2D eigenvalue weighted by Gasteiger charge is -2.39. The van der Waals surface area contributed by atoms with Crippen LogP contribution in [0.5, 0.6) is 0 Å². The first-order valence-electron chi connectivity index (χ1n) is 6.98. The number of carboxylic acids is 1. The van der Waals surface area contributed by atoms with Gasteiger partial charge in [0.25, 0.3) is 0 Å². The van der Waals surface area contributed by atoms with Crippen molar-refractivity contribution in [2.24, 2.45) is 5.41 Å². The van der Waals surface area contributed by atoms with Gasteiger partial charge in [0.15, 0.2) is 17.5 Å². The lowest BCUT2D eigenvalue weighted by Crippen LogP contribution is -2.47. The normalized spacial score (nSPS) is 23.2. The highest BCUT2D eigenvalue weighted by Crippen LogP contribution is 2.34. The fraction of sp³-hybridized carbons (Fsp3) is 0.533. The molecule has 6 heteroatoms. The summed E-state index contributed by atoms with van der Waals surface area (Å²) in [6.07, 6.45) is 1.75. The van der Waals surface area contributed by atoms with E-state index in [0.717, 1.165) is 6.07 Å². The minimum Gasteiger partial charge on any atom is -0.481 e. The predicted molar refractivity (Wildman–Crippen MR) is 71.2 cm³/mol. The lowest BCUT2D eigenvalue weighted by atomic mass is 9.77. The molecule has 1 saturated heterocycles. The molecule has 0 amide bonds. The van der Waals surface area contributed by atoms with Crippen LogP contribution in [-0.4, -0.2) is 29.1 Å². The van der Waals surface area contributed by atoms with Crippen LogP contribution in [0.15, 0.2) is 12.1 Å². The minimum atomic E-state index is -1.48. The zero-order valence-corrected chi connectivity index (χ0v) is 11.8. The SMILES string of the molecule is CC[C@]1(C(=O)O)CCCN(Cc2ccc(F)c(F)c2F)C1. The lowest BCUT2D eigenvalue weighted by molar-refractivity contribution is -0.153. The van der Waals surface area contributed by atoms with Crippen molar-refractivity contribution < 1.29 is 23.1 Å². The van der Waals surface area contributed by atoms with Crippen LogP contribution >= 0.6 is 0 Å². The predicted octanol–water partition coefficient (Wildman–Crippen LogP) is 3.18. The van der Waals surface area contributed by atoms with Crippen molar-refractivity contribution in [2.75, 3.05) is 13.1 Å². The summed E-state index contributed by atoms with van der Waals surface area (Å²) in [5.74, 6) is -4.76. The Morgan fingerprint density at radius 2 is 2.05 bits per heavy atom. The van der Waals surface area contributed by atoms with Crippen LogP contribution in [0.1, 0.15) is 31.7 Å². The van der Waals surface area contributed by atoms with Crippen LogP contribution in [0, 0.1) is 22.9 Å². The average Bonchev–Trinajstić information content (AvgIpc) is 2.48. The highest BCUT2D eigenvalue weighted by atomic mass is 19.2. The highest BCUT2D eigenvalue weighted by molar-refractivity contribution is 5.75. The molecule has 1 fully saturated rings. The molecule has 0 unspecified atom stereocenters. The van der Waals surface area contributed by atoms with Gasteiger partial charge in [0, 0.05) is 18.7 Å². The number of hydrogen-bond acceptors (Lipinski definition) is 2. The van der Waals surface area contributed by atoms with Gasteiger partial charge < -0.3 is 5.11 Å². The van der Waals surface area contributed by atoms with Crippen LogP contribution in [0.25, 0.3) is 0 Å². The van der Waals surface area contributed by atoms with Crippen LogP contribution < -0.4 is 0 Å². The van der Waals surface area contributed by atoms with Crippen molar-refractivity contribution in [3.63, 3.8) is 0 Å². The quantitative estimate of drug-likeness (QED) is 0.868. The molecule has 1 aliphatic rings. The number of carboxylic acid groups (broad SMARTS) is 1. The molecular formula is C15H18F3NO2. The smallest absolute Gasteiger partial charge is 0.310 e. The third-order valence-corrected chi connectivity index (χ3v) is 4.30. The molecule has 1 aromatic rings. The average molecular weight is 301 g/mol. The summed E-state index contributed by atoms with van der Waals surface area (Å²) in [6, 6.07) is 2.10. The largest absolute Gasteiger partial charge is 0.481 e. The molecule has 1 aromatic carbocycles. The van der Waals surface area contributed by atoms with Crippen molar-refractivity contribution in [3.8, 4) is 0 Å². The number of likely N-dealkylation sites (tertiary alicyclic amines) is 1. The summed E-state index contributed by atoms with van der Waals surface area (Å²) in [5.41, 5.74) is -0.793. The van der Waals surface area contributed by atoms with Gasteiger partial charge in [-0.15, -0.1) is 0 Å². The standard InChI is InChI=1S/C15H18F3NO2/c1-2-15(14(20)21)6-3-7-19(9-15)8-10-4-5-11(16)13(18)12(10)17/h4-5H,2-3,6-9H2,1H3,(H,20,21)/t15-/m0/s1. The number of piperidine rings is 1. The first-order chi connectivity index (χ1) is 9.89. The number of aliphatic carboxylic acids is 1. The first kappa shape index (κ1) is 15.8. The van der Waals surface area contributed by atoms with Gasteiger partial charge in [0.1, 0.15) is 0 Å². The molecule has 0 bridgehead atoms. The third-order valence-electron chi connectivity index (χ3n) is 4.30.